The van der Waals surface area contributed by atoms with E-state index < -0.39 is 11.9 Å². The fraction of sp³-hybridized carbons (Fsp3) is 0.545. The fourth-order valence-electron chi connectivity index (χ4n) is 1.37. The molecule has 0 radical (unpaired) electrons. The Morgan fingerprint density at radius 3 is 2.89 bits per heavy atom. The van der Waals surface area contributed by atoms with Crippen LogP contribution >= 0.6 is 11.3 Å². The summed E-state index contributed by atoms with van der Waals surface area (Å²) in [7, 11) is 0. The molecule has 1 aromatic rings. The molecule has 0 spiro atoms. The smallest absolute Gasteiger partial charge is 0.308 e. The summed E-state index contributed by atoms with van der Waals surface area (Å²) in [5, 5.41) is 13.9. The Kier molecular flexibility index (Phi) is 5.73. The number of hydrogen-bond acceptors (Lipinski definition) is 5. The van der Waals surface area contributed by atoms with E-state index in [2.05, 4.69) is 10.3 Å². The number of amides is 1. The minimum Gasteiger partial charge on any atom is -0.481 e. The highest BCUT2D eigenvalue weighted by molar-refractivity contribution is 7.09. The molecule has 1 aromatic heterocycles. The molecule has 4 N–H and O–H groups in total. The first kappa shape index (κ1) is 14.6. The van der Waals surface area contributed by atoms with Crippen LogP contribution in [0.4, 0.5) is 0 Å². The number of aliphatic carboxylic acids is 1. The van der Waals surface area contributed by atoms with Gasteiger partial charge in [0.25, 0.3) is 5.91 Å². The van der Waals surface area contributed by atoms with Crippen LogP contribution in [0.1, 0.15) is 28.8 Å². The molecule has 0 bridgehead atoms. The first-order chi connectivity index (χ1) is 8.58. The second-order valence-corrected chi connectivity index (χ2v) is 4.76. The lowest BCUT2D eigenvalue weighted by Crippen LogP contribution is -2.32. The monoisotopic (exact) mass is 271 g/mol. The maximum Gasteiger partial charge on any atom is 0.308 e. The number of nitrogens with two attached hydrogens (primary N) is 1. The highest BCUT2D eigenvalue weighted by Crippen LogP contribution is 2.10. The van der Waals surface area contributed by atoms with Crippen molar-refractivity contribution in [2.45, 2.75) is 19.8 Å². The third-order valence-electron chi connectivity index (χ3n) is 2.49. The minimum atomic E-state index is -0.903. The van der Waals surface area contributed by atoms with Crippen molar-refractivity contribution in [3.63, 3.8) is 0 Å². The number of carbonyl (C=O) groups excluding carboxylic acids is 1. The van der Waals surface area contributed by atoms with E-state index in [9.17, 15) is 9.59 Å². The lowest BCUT2D eigenvalue weighted by Gasteiger charge is -2.09. The van der Waals surface area contributed by atoms with Crippen molar-refractivity contribution >= 4 is 23.2 Å². The van der Waals surface area contributed by atoms with E-state index in [1.807, 2.05) is 0 Å². The molecule has 0 aliphatic rings. The number of aromatic nitrogens is 1. The molecule has 1 heterocycles. The molecular weight excluding hydrogens is 254 g/mol. The van der Waals surface area contributed by atoms with Gasteiger partial charge >= 0.3 is 5.97 Å². The highest BCUT2D eigenvalue weighted by Gasteiger charge is 2.17. The average molecular weight is 271 g/mol. The summed E-state index contributed by atoms with van der Waals surface area (Å²) >= 11 is 1.38. The summed E-state index contributed by atoms with van der Waals surface area (Å²) in [6, 6.07) is 0. The van der Waals surface area contributed by atoms with E-state index >= 15 is 0 Å². The van der Waals surface area contributed by atoms with Crippen LogP contribution < -0.4 is 11.1 Å². The van der Waals surface area contributed by atoms with Gasteiger partial charge in [-0.3, -0.25) is 9.59 Å². The number of rotatable bonds is 7. The lowest BCUT2D eigenvalue weighted by atomic mass is 10.1. The van der Waals surface area contributed by atoms with Gasteiger partial charge in [-0.25, -0.2) is 4.98 Å². The number of thiazole rings is 1. The number of nitrogens with one attached hydrogen (secondary N) is 1. The summed E-state index contributed by atoms with van der Waals surface area (Å²) < 4.78 is 0. The Bertz CT molecular complexity index is 419. The van der Waals surface area contributed by atoms with E-state index in [0.29, 0.717) is 25.1 Å². The Hall–Kier alpha value is -1.47. The number of carbonyl (C=O) groups is 2. The maximum absolute atomic E-state index is 11.7. The predicted molar refractivity (Wildman–Crippen MR) is 68.6 cm³/mol. The van der Waals surface area contributed by atoms with Crippen LogP contribution in [0.3, 0.4) is 0 Å². The van der Waals surface area contributed by atoms with Crippen LogP contribution in [0.25, 0.3) is 0 Å². The first-order valence-electron chi connectivity index (χ1n) is 5.74. The van der Waals surface area contributed by atoms with E-state index in [0.717, 1.165) is 5.01 Å². The van der Waals surface area contributed by atoms with Crippen LogP contribution in [-0.4, -0.2) is 35.1 Å². The zero-order chi connectivity index (χ0) is 13.5. The summed E-state index contributed by atoms with van der Waals surface area (Å²) in [5.41, 5.74) is 5.72. The zero-order valence-electron chi connectivity index (χ0n) is 10.2. The van der Waals surface area contributed by atoms with Gasteiger partial charge in [0, 0.05) is 18.3 Å². The molecule has 1 amide bonds. The van der Waals surface area contributed by atoms with Crippen LogP contribution in [-0.2, 0) is 11.2 Å². The standard InChI is InChI=1S/C11H17N3O3S/c1-2-7(11(16)17)5-13-10(15)8-6-18-9(14-8)3-4-12/h6-7H,2-5,12H2,1H3,(H,13,15)(H,16,17). The van der Waals surface area contributed by atoms with Crippen molar-refractivity contribution in [3.05, 3.63) is 16.1 Å². The van der Waals surface area contributed by atoms with Gasteiger partial charge in [-0.2, -0.15) is 0 Å². The SMILES string of the molecule is CCC(CNC(=O)c1csc(CCN)n1)C(=O)O. The van der Waals surface area contributed by atoms with Crippen molar-refractivity contribution in [2.24, 2.45) is 11.7 Å². The van der Waals surface area contributed by atoms with Gasteiger partial charge in [0.1, 0.15) is 5.69 Å². The molecule has 0 fully saturated rings. The molecule has 0 aliphatic carbocycles. The first-order valence-corrected chi connectivity index (χ1v) is 6.61. The third kappa shape index (κ3) is 4.08. The van der Waals surface area contributed by atoms with Gasteiger partial charge in [0.15, 0.2) is 0 Å². The van der Waals surface area contributed by atoms with Crippen molar-refractivity contribution in [1.82, 2.24) is 10.3 Å². The van der Waals surface area contributed by atoms with Crippen LogP contribution in [0.2, 0.25) is 0 Å². The molecule has 1 unspecified atom stereocenters. The van der Waals surface area contributed by atoms with Gasteiger partial charge in [0.2, 0.25) is 0 Å². The molecular formula is C11H17N3O3S. The number of carboxylic acid groups (broad SMARTS) is 1. The van der Waals surface area contributed by atoms with Gasteiger partial charge in [-0.05, 0) is 13.0 Å². The Morgan fingerprint density at radius 1 is 1.61 bits per heavy atom. The molecule has 0 aromatic carbocycles. The van der Waals surface area contributed by atoms with Crippen molar-refractivity contribution in [2.75, 3.05) is 13.1 Å². The molecule has 0 aliphatic heterocycles. The predicted octanol–water partition coefficient (Wildman–Crippen LogP) is 0.485. The summed E-state index contributed by atoms with van der Waals surface area (Å²) in [6.45, 7) is 2.38. The molecule has 1 rings (SSSR count). The zero-order valence-corrected chi connectivity index (χ0v) is 11.0. The third-order valence-corrected chi connectivity index (χ3v) is 3.40. The Morgan fingerprint density at radius 2 is 2.33 bits per heavy atom. The number of hydrogen-bond donors (Lipinski definition) is 3. The summed E-state index contributed by atoms with van der Waals surface area (Å²) in [6.07, 6.45) is 1.12. The van der Waals surface area contributed by atoms with Gasteiger partial charge in [-0.15, -0.1) is 11.3 Å². The van der Waals surface area contributed by atoms with Crippen molar-refractivity contribution in [1.29, 1.82) is 0 Å². The highest BCUT2D eigenvalue weighted by atomic mass is 32.1. The van der Waals surface area contributed by atoms with E-state index in [4.69, 9.17) is 10.8 Å². The van der Waals surface area contributed by atoms with Crippen LogP contribution in [0.5, 0.6) is 0 Å². The average Bonchev–Trinajstić information content (AvgIpc) is 2.78. The van der Waals surface area contributed by atoms with Crippen molar-refractivity contribution < 1.29 is 14.7 Å². The normalized spacial score (nSPS) is 12.1. The maximum atomic E-state index is 11.7. The van der Waals surface area contributed by atoms with Crippen molar-refractivity contribution in [3.8, 4) is 0 Å². The minimum absolute atomic E-state index is 0.119. The van der Waals surface area contributed by atoms with Gasteiger partial charge in [-0.1, -0.05) is 6.92 Å². The second-order valence-electron chi connectivity index (χ2n) is 3.82. The Labute approximate surface area is 109 Å². The fourth-order valence-corrected chi connectivity index (χ4v) is 2.16. The number of carboxylic acids is 1. The van der Waals surface area contributed by atoms with Crippen LogP contribution in [0.15, 0.2) is 5.38 Å². The van der Waals surface area contributed by atoms with E-state index in [1.54, 1.807) is 12.3 Å². The molecule has 18 heavy (non-hydrogen) atoms. The second kappa shape index (κ2) is 7.07. The Balaban J connectivity index is 2.51. The van der Waals surface area contributed by atoms with Gasteiger partial charge < -0.3 is 16.2 Å². The molecule has 6 nitrogen and oxygen atoms in total. The molecule has 7 heteroatoms. The topological polar surface area (TPSA) is 105 Å². The summed E-state index contributed by atoms with van der Waals surface area (Å²) in [5.74, 6) is -1.80. The molecule has 0 saturated heterocycles. The lowest BCUT2D eigenvalue weighted by molar-refractivity contribution is -0.141. The van der Waals surface area contributed by atoms with E-state index in [1.165, 1.54) is 11.3 Å². The molecule has 0 saturated carbocycles. The van der Waals surface area contributed by atoms with Crippen LogP contribution in [0, 0.1) is 5.92 Å². The van der Waals surface area contributed by atoms with E-state index in [-0.39, 0.29) is 12.5 Å². The quantitative estimate of drug-likeness (QED) is 0.669. The van der Waals surface area contributed by atoms with Gasteiger partial charge in [0.05, 0.1) is 10.9 Å². The summed E-state index contributed by atoms with van der Waals surface area (Å²) in [4.78, 5) is 26.6. The number of nitrogens with zero attached hydrogens (tertiary/aromatic N) is 1. The molecule has 100 valence electrons. The largest absolute Gasteiger partial charge is 0.481 e. The molecule has 1 atom stereocenters.